The van der Waals surface area contributed by atoms with Crippen molar-refractivity contribution in [2.45, 2.75) is 24.1 Å². The Hall–Kier alpha value is -3.45. The molecule has 2 aromatic heterocycles. The highest BCUT2D eigenvalue weighted by Gasteiger charge is 2.22. The van der Waals surface area contributed by atoms with E-state index in [9.17, 15) is 13.2 Å². The highest BCUT2D eigenvalue weighted by Crippen LogP contribution is 2.26. The summed E-state index contributed by atoms with van der Waals surface area (Å²) in [5, 5.41) is 2.95. The lowest BCUT2D eigenvalue weighted by Gasteiger charge is -2.19. The van der Waals surface area contributed by atoms with Gasteiger partial charge in [0.15, 0.2) is 20.3 Å². The number of nitrogens with one attached hydrogen (secondary N) is 1. The van der Waals surface area contributed by atoms with Gasteiger partial charge < -0.3 is 5.32 Å². The zero-order valence-electron chi connectivity index (χ0n) is 16.6. The molecule has 4 rings (SSSR count). The maximum Gasteiger partial charge on any atom is 0.197 e. The lowest BCUT2D eigenvalue weighted by atomic mass is 10.2. The summed E-state index contributed by atoms with van der Waals surface area (Å²) in [6.45, 7) is 3.22. The SMILES string of the molecule is CC(C)S(=O)(=O)c1cc2c(cn1)c(=O)cc(Nc1ccccc1)n2-c1ccccc1. The molecule has 0 saturated carbocycles. The third kappa shape index (κ3) is 3.59. The van der Waals surface area contributed by atoms with E-state index in [1.807, 2.05) is 65.2 Å². The van der Waals surface area contributed by atoms with Gasteiger partial charge in [0.2, 0.25) is 0 Å². The molecule has 7 heteroatoms. The van der Waals surface area contributed by atoms with Gasteiger partial charge in [0, 0.05) is 29.7 Å². The first-order valence-electron chi connectivity index (χ1n) is 9.55. The minimum atomic E-state index is -3.60. The number of pyridine rings is 2. The number of benzene rings is 2. The van der Waals surface area contributed by atoms with Gasteiger partial charge in [-0.15, -0.1) is 0 Å². The number of sulfone groups is 1. The predicted octanol–water partition coefficient (Wildman–Crippen LogP) is 4.31. The van der Waals surface area contributed by atoms with E-state index < -0.39 is 15.1 Å². The van der Waals surface area contributed by atoms with Gasteiger partial charge in [-0.25, -0.2) is 13.4 Å². The normalized spacial score (nSPS) is 11.7. The molecule has 0 unspecified atom stereocenters. The van der Waals surface area contributed by atoms with E-state index in [0.29, 0.717) is 16.7 Å². The molecule has 0 aliphatic rings. The first kappa shape index (κ1) is 19.8. The fraction of sp³-hybridized carbons (Fsp3) is 0.130. The van der Waals surface area contributed by atoms with Gasteiger partial charge >= 0.3 is 0 Å². The smallest absolute Gasteiger partial charge is 0.197 e. The zero-order valence-corrected chi connectivity index (χ0v) is 17.4. The lowest BCUT2D eigenvalue weighted by Crippen LogP contribution is -2.17. The molecule has 0 fully saturated rings. The zero-order chi connectivity index (χ0) is 21.3. The molecule has 0 aliphatic carbocycles. The summed E-state index contributed by atoms with van der Waals surface area (Å²) in [7, 11) is -3.60. The largest absolute Gasteiger partial charge is 0.341 e. The summed E-state index contributed by atoms with van der Waals surface area (Å²) in [5.74, 6) is 0.531. The average Bonchev–Trinajstić information content (AvgIpc) is 2.75. The third-order valence-corrected chi connectivity index (χ3v) is 6.89. The summed E-state index contributed by atoms with van der Waals surface area (Å²) in [6, 6.07) is 21.9. The highest BCUT2D eigenvalue weighted by atomic mass is 32.2. The van der Waals surface area contributed by atoms with Crippen LogP contribution < -0.4 is 10.7 Å². The number of anilines is 2. The maximum absolute atomic E-state index is 12.8. The van der Waals surface area contributed by atoms with E-state index in [4.69, 9.17) is 0 Å². The third-order valence-electron chi connectivity index (χ3n) is 4.84. The van der Waals surface area contributed by atoms with Gasteiger partial charge in [-0.1, -0.05) is 36.4 Å². The van der Waals surface area contributed by atoms with E-state index in [2.05, 4.69) is 10.3 Å². The Balaban J connectivity index is 2.05. The Morgan fingerprint density at radius 3 is 2.20 bits per heavy atom. The second-order valence-electron chi connectivity index (χ2n) is 7.19. The Morgan fingerprint density at radius 2 is 1.57 bits per heavy atom. The minimum Gasteiger partial charge on any atom is -0.341 e. The van der Waals surface area contributed by atoms with Crippen LogP contribution in [0.5, 0.6) is 0 Å². The molecule has 4 aromatic rings. The van der Waals surface area contributed by atoms with Crippen LogP contribution in [-0.2, 0) is 9.84 Å². The summed E-state index contributed by atoms with van der Waals surface area (Å²) in [5.41, 5.74) is 1.84. The van der Waals surface area contributed by atoms with Crippen LogP contribution in [-0.4, -0.2) is 23.2 Å². The molecule has 152 valence electrons. The number of para-hydroxylation sites is 2. The van der Waals surface area contributed by atoms with Crippen molar-refractivity contribution in [1.82, 2.24) is 9.55 Å². The van der Waals surface area contributed by atoms with Crippen molar-refractivity contribution in [1.29, 1.82) is 0 Å². The molecular weight excluding hydrogens is 398 g/mol. The second kappa shape index (κ2) is 7.76. The van der Waals surface area contributed by atoms with Crippen molar-refractivity contribution in [3.05, 3.63) is 89.2 Å². The summed E-state index contributed by atoms with van der Waals surface area (Å²) in [4.78, 5) is 16.9. The van der Waals surface area contributed by atoms with Crippen LogP contribution in [0.15, 0.2) is 88.8 Å². The Labute approximate surface area is 174 Å². The van der Waals surface area contributed by atoms with Crippen LogP contribution in [0.4, 0.5) is 11.5 Å². The number of hydrogen-bond donors (Lipinski definition) is 1. The van der Waals surface area contributed by atoms with E-state index in [1.54, 1.807) is 13.8 Å². The van der Waals surface area contributed by atoms with Crippen molar-refractivity contribution in [3.63, 3.8) is 0 Å². The summed E-state index contributed by atoms with van der Waals surface area (Å²) < 4.78 is 27.3. The van der Waals surface area contributed by atoms with Crippen molar-refractivity contribution in [3.8, 4) is 5.69 Å². The molecule has 2 heterocycles. The first-order valence-corrected chi connectivity index (χ1v) is 11.1. The van der Waals surface area contributed by atoms with Crippen LogP contribution >= 0.6 is 0 Å². The molecule has 0 atom stereocenters. The van der Waals surface area contributed by atoms with Gasteiger partial charge in [-0.3, -0.25) is 9.36 Å². The fourth-order valence-corrected chi connectivity index (χ4v) is 4.17. The molecule has 0 radical (unpaired) electrons. The summed E-state index contributed by atoms with van der Waals surface area (Å²) >= 11 is 0. The van der Waals surface area contributed by atoms with Crippen molar-refractivity contribution in [2.75, 3.05) is 5.32 Å². The van der Waals surface area contributed by atoms with Gasteiger partial charge in [-0.05, 0) is 38.1 Å². The molecule has 0 amide bonds. The van der Waals surface area contributed by atoms with Gasteiger partial charge in [0.1, 0.15) is 5.82 Å². The van der Waals surface area contributed by atoms with E-state index in [0.717, 1.165) is 11.4 Å². The molecule has 0 saturated heterocycles. The standard InChI is InChI=1S/C23H21N3O3S/c1-16(2)30(28,29)23-13-20-19(15-24-23)21(27)14-22(25-17-9-5-3-6-10-17)26(20)18-11-7-4-8-12-18/h3-16,25H,1-2H3. The highest BCUT2D eigenvalue weighted by molar-refractivity contribution is 7.91. The van der Waals surface area contributed by atoms with Crippen LogP contribution in [0.3, 0.4) is 0 Å². The topological polar surface area (TPSA) is 81.1 Å². The fourth-order valence-electron chi connectivity index (χ4n) is 3.21. The van der Waals surface area contributed by atoms with Crippen LogP contribution in [0.2, 0.25) is 0 Å². The molecule has 6 nitrogen and oxygen atoms in total. The molecule has 0 spiro atoms. The number of hydrogen-bond acceptors (Lipinski definition) is 5. The molecule has 2 aromatic carbocycles. The molecular formula is C23H21N3O3S. The van der Waals surface area contributed by atoms with Crippen molar-refractivity contribution in [2.24, 2.45) is 0 Å². The van der Waals surface area contributed by atoms with Crippen molar-refractivity contribution < 1.29 is 8.42 Å². The van der Waals surface area contributed by atoms with Crippen LogP contribution in [0.25, 0.3) is 16.6 Å². The van der Waals surface area contributed by atoms with Gasteiger partial charge in [0.05, 0.1) is 16.2 Å². The monoisotopic (exact) mass is 419 g/mol. The number of fused-ring (bicyclic) bond motifs is 1. The van der Waals surface area contributed by atoms with E-state index in [1.165, 1.54) is 18.3 Å². The number of nitrogens with zero attached hydrogens (tertiary/aromatic N) is 2. The maximum atomic E-state index is 12.8. The van der Waals surface area contributed by atoms with Gasteiger partial charge in [0.25, 0.3) is 0 Å². The first-order chi connectivity index (χ1) is 14.4. The minimum absolute atomic E-state index is 0.0501. The van der Waals surface area contributed by atoms with Crippen LogP contribution in [0, 0.1) is 0 Å². The van der Waals surface area contributed by atoms with E-state index >= 15 is 0 Å². The molecule has 1 N–H and O–H groups in total. The molecule has 0 aliphatic heterocycles. The van der Waals surface area contributed by atoms with E-state index in [-0.39, 0.29) is 10.5 Å². The quantitative estimate of drug-likeness (QED) is 0.521. The average molecular weight is 420 g/mol. The Morgan fingerprint density at radius 1 is 0.933 bits per heavy atom. The van der Waals surface area contributed by atoms with Crippen molar-refractivity contribution >= 4 is 32.2 Å². The number of aromatic nitrogens is 2. The number of rotatable bonds is 5. The molecule has 30 heavy (non-hydrogen) atoms. The van der Waals surface area contributed by atoms with Gasteiger partial charge in [-0.2, -0.15) is 0 Å². The van der Waals surface area contributed by atoms with Crippen LogP contribution in [0.1, 0.15) is 13.8 Å². The Kier molecular flexibility index (Phi) is 5.13. The lowest BCUT2D eigenvalue weighted by molar-refractivity contribution is 0.583. The Bertz CT molecular complexity index is 1360. The second-order valence-corrected chi connectivity index (χ2v) is 9.64. The molecule has 0 bridgehead atoms. The predicted molar refractivity (Wildman–Crippen MR) is 119 cm³/mol. The summed E-state index contributed by atoms with van der Waals surface area (Å²) in [6.07, 6.45) is 1.35.